The van der Waals surface area contributed by atoms with Gasteiger partial charge >= 0.3 is 0 Å². The number of primary amides is 1. The Balaban J connectivity index is 0.00000256. The second kappa shape index (κ2) is 9.18. The maximum atomic E-state index is 12.3. The fraction of sp³-hybridized carbons (Fsp3) is 0.500. The van der Waals surface area contributed by atoms with Gasteiger partial charge in [-0.05, 0) is 44.1 Å². The van der Waals surface area contributed by atoms with Crippen LogP contribution in [0.5, 0.6) is 0 Å². The SMILES string of the molecule is C[C@H](N)C(=O)N1CCC([C@@H](c2ccccc2)c2c(C(N)=O)noc2C2CC2)CC1.Cl. The summed E-state index contributed by atoms with van der Waals surface area (Å²) in [6, 6.07) is 9.67. The first-order valence-electron chi connectivity index (χ1n) is 10.4. The van der Waals surface area contributed by atoms with Crippen LogP contribution < -0.4 is 11.5 Å². The van der Waals surface area contributed by atoms with Gasteiger partial charge in [-0.3, -0.25) is 9.59 Å². The van der Waals surface area contributed by atoms with Crippen molar-refractivity contribution in [3.05, 3.63) is 52.9 Å². The third kappa shape index (κ3) is 4.37. The van der Waals surface area contributed by atoms with E-state index in [9.17, 15) is 9.59 Å². The Hall–Kier alpha value is -2.38. The number of amides is 2. The highest BCUT2D eigenvalue weighted by atomic mass is 35.5. The molecular formula is C22H29ClN4O3. The van der Waals surface area contributed by atoms with E-state index in [1.54, 1.807) is 6.92 Å². The standard InChI is InChI=1S/C22H28N4O3.ClH/c1-13(23)22(28)26-11-9-15(10-12-26)17(14-5-3-2-4-6-14)18-19(21(24)27)25-29-20(18)16-7-8-16;/h2-6,13,15-17H,7-12,23H2,1H3,(H2,24,27);1H/t13-,17+;/m0./s1. The van der Waals surface area contributed by atoms with Crippen LogP contribution in [0.4, 0.5) is 0 Å². The molecule has 4 rings (SSSR count). The molecule has 7 nitrogen and oxygen atoms in total. The highest BCUT2D eigenvalue weighted by Gasteiger charge is 2.40. The third-order valence-electron chi connectivity index (χ3n) is 6.12. The minimum absolute atomic E-state index is 0. The van der Waals surface area contributed by atoms with Crippen molar-refractivity contribution in [3.63, 3.8) is 0 Å². The number of halogens is 1. The molecule has 30 heavy (non-hydrogen) atoms. The number of carbonyl (C=O) groups is 2. The lowest BCUT2D eigenvalue weighted by atomic mass is 9.74. The summed E-state index contributed by atoms with van der Waals surface area (Å²) in [4.78, 5) is 26.3. The molecule has 1 aliphatic heterocycles. The number of carbonyl (C=O) groups excluding carboxylic acids is 2. The molecule has 1 aliphatic carbocycles. The smallest absolute Gasteiger partial charge is 0.271 e. The highest BCUT2D eigenvalue weighted by Crippen LogP contribution is 2.48. The Morgan fingerprint density at radius 1 is 1.13 bits per heavy atom. The van der Waals surface area contributed by atoms with Gasteiger partial charge in [0, 0.05) is 30.5 Å². The Morgan fingerprint density at radius 2 is 1.77 bits per heavy atom. The molecule has 1 aromatic carbocycles. The highest BCUT2D eigenvalue weighted by molar-refractivity contribution is 5.93. The predicted molar refractivity (Wildman–Crippen MR) is 115 cm³/mol. The third-order valence-corrected chi connectivity index (χ3v) is 6.12. The van der Waals surface area contributed by atoms with E-state index >= 15 is 0 Å². The van der Waals surface area contributed by atoms with Crippen LogP contribution in [0.25, 0.3) is 0 Å². The molecular weight excluding hydrogens is 404 g/mol. The number of nitrogens with zero attached hydrogens (tertiary/aromatic N) is 2. The van der Waals surface area contributed by atoms with E-state index in [1.807, 2.05) is 23.1 Å². The molecule has 0 unspecified atom stereocenters. The van der Waals surface area contributed by atoms with Crippen molar-refractivity contribution >= 4 is 24.2 Å². The molecule has 1 aromatic heterocycles. The number of hydrogen-bond donors (Lipinski definition) is 2. The monoisotopic (exact) mass is 432 g/mol. The molecule has 2 heterocycles. The zero-order chi connectivity index (χ0) is 20.5. The summed E-state index contributed by atoms with van der Waals surface area (Å²) in [5.74, 6) is 0.776. The summed E-state index contributed by atoms with van der Waals surface area (Å²) in [5.41, 5.74) is 13.7. The first kappa shape index (κ1) is 22.3. The summed E-state index contributed by atoms with van der Waals surface area (Å²) in [5, 5.41) is 4.05. The maximum Gasteiger partial charge on any atom is 0.271 e. The van der Waals surface area contributed by atoms with Gasteiger partial charge in [0.15, 0.2) is 5.69 Å². The predicted octanol–water partition coefficient (Wildman–Crippen LogP) is 2.79. The number of hydrogen-bond acceptors (Lipinski definition) is 5. The Morgan fingerprint density at radius 3 is 2.30 bits per heavy atom. The van der Waals surface area contributed by atoms with Crippen LogP contribution in [0.15, 0.2) is 34.9 Å². The molecule has 2 fully saturated rings. The molecule has 2 amide bonds. The number of piperidine rings is 1. The van der Waals surface area contributed by atoms with Gasteiger partial charge in [-0.1, -0.05) is 35.5 Å². The van der Waals surface area contributed by atoms with E-state index in [-0.39, 0.29) is 35.8 Å². The van der Waals surface area contributed by atoms with Crippen LogP contribution in [-0.4, -0.2) is 41.0 Å². The van der Waals surface area contributed by atoms with Crippen molar-refractivity contribution < 1.29 is 14.1 Å². The van der Waals surface area contributed by atoms with Gasteiger partial charge in [-0.15, -0.1) is 12.4 Å². The summed E-state index contributed by atoms with van der Waals surface area (Å²) in [6.07, 6.45) is 3.74. The first-order valence-corrected chi connectivity index (χ1v) is 10.4. The molecule has 2 aliphatic rings. The van der Waals surface area contributed by atoms with Crippen LogP contribution in [0.2, 0.25) is 0 Å². The fourth-order valence-corrected chi connectivity index (χ4v) is 4.50. The fourth-order valence-electron chi connectivity index (χ4n) is 4.50. The molecule has 8 heteroatoms. The lowest BCUT2D eigenvalue weighted by Gasteiger charge is -2.37. The lowest BCUT2D eigenvalue weighted by Crippen LogP contribution is -2.46. The summed E-state index contributed by atoms with van der Waals surface area (Å²) >= 11 is 0. The molecule has 1 saturated carbocycles. The van der Waals surface area contributed by atoms with E-state index in [0.717, 1.165) is 42.6 Å². The average Bonchev–Trinajstić information content (AvgIpc) is 3.48. The number of nitrogens with two attached hydrogens (primary N) is 2. The van der Waals surface area contributed by atoms with Crippen molar-refractivity contribution in [1.82, 2.24) is 10.1 Å². The van der Waals surface area contributed by atoms with Gasteiger partial charge in [0.05, 0.1) is 6.04 Å². The number of likely N-dealkylation sites (tertiary alicyclic amines) is 1. The summed E-state index contributed by atoms with van der Waals surface area (Å²) < 4.78 is 5.63. The first-order chi connectivity index (χ1) is 14.0. The second-order valence-corrected chi connectivity index (χ2v) is 8.29. The second-order valence-electron chi connectivity index (χ2n) is 8.29. The van der Waals surface area contributed by atoms with Gasteiger partial charge in [0.25, 0.3) is 5.91 Å². The maximum absolute atomic E-state index is 12.3. The normalized spacial score (nSPS) is 19.1. The van der Waals surface area contributed by atoms with E-state index < -0.39 is 11.9 Å². The number of benzene rings is 1. The molecule has 2 atom stereocenters. The molecule has 1 saturated heterocycles. The topological polar surface area (TPSA) is 115 Å². The van der Waals surface area contributed by atoms with Crippen LogP contribution in [-0.2, 0) is 4.79 Å². The van der Waals surface area contributed by atoms with E-state index in [1.165, 1.54) is 0 Å². The summed E-state index contributed by atoms with van der Waals surface area (Å²) in [7, 11) is 0. The van der Waals surface area contributed by atoms with Crippen LogP contribution in [0.1, 0.15) is 71.8 Å². The van der Waals surface area contributed by atoms with Crippen molar-refractivity contribution in [2.45, 2.75) is 50.5 Å². The summed E-state index contributed by atoms with van der Waals surface area (Å²) in [6.45, 7) is 3.04. The minimum Gasteiger partial charge on any atom is -0.364 e. The Labute approximate surface area is 182 Å². The lowest BCUT2D eigenvalue weighted by molar-refractivity contribution is -0.133. The molecule has 0 bridgehead atoms. The molecule has 162 valence electrons. The zero-order valence-corrected chi connectivity index (χ0v) is 17.9. The molecule has 0 radical (unpaired) electrons. The van der Waals surface area contributed by atoms with Gasteiger partial charge in [-0.25, -0.2) is 0 Å². The van der Waals surface area contributed by atoms with Gasteiger partial charge in [0.1, 0.15) is 5.76 Å². The van der Waals surface area contributed by atoms with Crippen molar-refractivity contribution in [3.8, 4) is 0 Å². The number of rotatable bonds is 6. The van der Waals surface area contributed by atoms with E-state index in [2.05, 4.69) is 17.3 Å². The van der Waals surface area contributed by atoms with Crippen molar-refractivity contribution in [2.24, 2.45) is 17.4 Å². The molecule has 2 aromatic rings. The van der Waals surface area contributed by atoms with Crippen LogP contribution in [0.3, 0.4) is 0 Å². The quantitative estimate of drug-likeness (QED) is 0.728. The van der Waals surface area contributed by atoms with E-state index in [4.69, 9.17) is 16.0 Å². The van der Waals surface area contributed by atoms with Gasteiger partial charge in [0.2, 0.25) is 5.91 Å². The average molecular weight is 433 g/mol. The molecule has 4 N–H and O–H groups in total. The van der Waals surface area contributed by atoms with Crippen molar-refractivity contribution in [1.29, 1.82) is 0 Å². The van der Waals surface area contributed by atoms with Gasteiger partial charge < -0.3 is 20.9 Å². The Kier molecular flexibility index (Phi) is 6.83. The molecule has 0 spiro atoms. The zero-order valence-electron chi connectivity index (χ0n) is 17.1. The Bertz CT molecular complexity index is 887. The van der Waals surface area contributed by atoms with Crippen LogP contribution >= 0.6 is 12.4 Å². The van der Waals surface area contributed by atoms with Crippen LogP contribution in [0, 0.1) is 5.92 Å². The van der Waals surface area contributed by atoms with Crippen molar-refractivity contribution in [2.75, 3.05) is 13.1 Å². The number of aromatic nitrogens is 1. The minimum atomic E-state index is -0.554. The van der Waals surface area contributed by atoms with Gasteiger partial charge in [-0.2, -0.15) is 0 Å². The van der Waals surface area contributed by atoms with E-state index in [0.29, 0.717) is 19.0 Å². The largest absolute Gasteiger partial charge is 0.364 e.